The molecule has 0 aromatic heterocycles. The molecule has 0 aliphatic rings. The number of nitrogens with zero attached hydrogens (tertiary/aromatic N) is 1. The average molecular weight is 732 g/mol. The lowest BCUT2D eigenvalue weighted by Gasteiger charge is -2.34. The first-order valence-corrected chi connectivity index (χ1v) is 20.7. The van der Waals surface area contributed by atoms with Crippen molar-refractivity contribution < 1.29 is 38.2 Å². The summed E-state index contributed by atoms with van der Waals surface area (Å²) in [4.78, 5) is 36.7. The Hall–Kier alpha value is -2.71. The number of quaternary nitrogens is 1. The van der Waals surface area contributed by atoms with Crippen molar-refractivity contribution in [2.45, 2.75) is 174 Å². The second-order valence-electron chi connectivity index (χ2n) is 14.9. The summed E-state index contributed by atoms with van der Waals surface area (Å²) in [5.41, 5.74) is 0. The summed E-state index contributed by atoms with van der Waals surface area (Å²) in [6.45, 7) is 4.49. The highest BCUT2D eigenvalue weighted by molar-refractivity contribution is 5.70. The van der Waals surface area contributed by atoms with Crippen molar-refractivity contribution in [3.63, 3.8) is 0 Å². The maximum absolute atomic E-state index is 12.7. The Morgan fingerprint density at radius 3 is 1.60 bits per heavy atom. The minimum absolute atomic E-state index is 0.0313. The molecule has 52 heavy (non-hydrogen) atoms. The summed E-state index contributed by atoms with van der Waals surface area (Å²) in [6.07, 6.45) is 39.8. The Morgan fingerprint density at radius 1 is 0.596 bits per heavy atom. The maximum atomic E-state index is 12.7. The van der Waals surface area contributed by atoms with Crippen LogP contribution in [-0.4, -0.2) is 75.5 Å². The van der Waals surface area contributed by atoms with Gasteiger partial charge in [0.25, 0.3) is 0 Å². The Labute approximate surface area is 318 Å². The largest absolute Gasteiger partial charge is 0.544 e. The molecule has 300 valence electrons. The molecule has 0 aliphatic carbocycles. The highest BCUT2D eigenvalue weighted by Gasteiger charge is 2.25. The predicted molar refractivity (Wildman–Crippen MR) is 213 cm³/mol. The second kappa shape index (κ2) is 35.3. The summed E-state index contributed by atoms with van der Waals surface area (Å²) >= 11 is 0. The van der Waals surface area contributed by atoms with Gasteiger partial charge in [-0.15, -0.1) is 0 Å². The molecule has 2 unspecified atom stereocenters. The van der Waals surface area contributed by atoms with Crippen molar-refractivity contribution in [3.8, 4) is 0 Å². The number of allylic oxidation sites excluding steroid dienone is 8. The van der Waals surface area contributed by atoms with Crippen molar-refractivity contribution in [1.29, 1.82) is 0 Å². The van der Waals surface area contributed by atoms with Gasteiger partial charge in [0.15, 0.2) is 6.10 Å². The van der Waals surface area contributed by atoms with E-state index in [9.17, 15) is 19.5 Å². The number of carbonyl (C=O) groups is 3. The monoisotopic (exact) mass is 732 g/mol. The molecule has 0 aliphatic heterocycles. The molecule has 0 saturated heterocycles. The fraction of sp³-hybridized carbons (Fsp3) is 0.750. The van der Waals surface area contributed by atoms with Gasteiger partial charge in [0, 0.05) is 19.3 Å². The lowest BCUT2D eigenvalue weighted by atomic mass is 10.0. The third kappa shape index (κ3) is 33.1. The molecule has 0 radical (unpaired) electrons. The molecule has 0 heterocycles. The molecular weight excluding hydrogens is 654 g/mol. The van der Waals surface area contributed by atoms with E-state index in [4.69, 9.17) is 14.2 Å². The number of ether oxygens (including phenoxy) is 3. The molecule has 0 N–H and O–H groups in total. The Balaban J connectivity index is 4.43. The first kappa shape index (κ1) is 49.3. The maximum Gasteiger partial charge on any atom is 0.306 e. The summed E-state index contributed by atoms with van der Waals surface area (Å²) in [5.74, 6) is -1.77. The zero-order valence-electron chi connectivity index (χ0n) is 34.0. The van der Waals surface area contributed by atoms with Crippen molar-refractivity contribution in [3.05, 3.63) is 48.6 Å². The van der Waals surface area contributed by atoms with Crippen LogP contribution >= 0.6 is 0 Å². The van der Waals surface area contributed by atoms with E-state index in [-0.39, 0.29) is 42.7 Å². The van der Waals surface area contributed by atoms with Crippen LogP contribution in [0.4, 0.5) is 0 Å². The molecule has 0 amide bonds. The molecule has 0 fully saturated rings. The number of rotatable bonds is 36. The molecule has 0 saturated carbocycles. The predicted octanol–water partition coefficient (Wildman–Crippen LogP) is 9.52. The van der Waals surface area contributed by atoms with Crippen LogP contribution in [0.2, 0.25) is 0 Å². The van der Waals surface area contributed by atoms with Crippen LogP contribution in [0.1, 0.15) is 162 Å². The number of aliphatic carboxylic acids is 1. The average Bonchev–Trinajstić information content (AvgIpc) is 3.09. The molecule has 8 nitrogen and oxygen atoms in total. The van der Waals surface area contributed by atoms with E-state index in [0.29, 0.717) is 12.8 Å². The minimum atomic E-state index is -1.13. The van der Waals surface area contributed by atoms with Gasteiger partial charge in [-0.3, -0.25) is 9.59 Å². The number of hydrogen-bond acceptors (Lipinski definition) is 7. The van der Waals surface area contributed by atoms with Crippen molar-refractivity contribution in [2.75, 3.05) is 41.0 Å². The van der Waals surface area contributed by atoms with E-state index < -0.39 is 18.1 Å². The van der Waals surface area contributed by atoms with Crippen LogP contribution in [0.5, 0.6) is 0 Å². The molecule has 0 aromatic rings. The summed E-state index contributed by atoms with van der Waals surface area (Å²) < 4.78 is 17.1. The summed E-state index contributed by atoms with van der Waals surface area (Å²) in [7, 11) is 5.39. The summed E-state index contributed by atoms with van der Waals surface area (Å²) in [5, 5.41) is 11.6. The molecule has 8 heteroatoms. The van der Waals surface area contributed by atoms with Crippen LogP contribution < -0.4 is 5.11 Å². The standard InChI is InChI=1S/C44H77NO7/c1-6-8-10-12-14-16-18-20-21-23-25-27-29-31-33-35-43(47)52-40(38-50-37-36-41(44(48)49)45(3,4)5)39-51-42(46)34-32-30-28-26-24-22-19-17-15-13-11-9-7-2/h8,10,12,14,16,18,20-21,40-41H,6-7,9,11,13,15,17,19,22-39H2,1-5H3/b10-8+,14-12+,18-16+,21-20+. The smallest absolute Gasteiger partial charge is 0.306 e. The third-order valence-corrected chi connectivity index (χ3v) is 9.07. The normalized spacial score (nSPS) is 13.5. The number of unbranched alkanes of at least 4 members (excludes halogenated alkanes) is 17. The van der Waals surface area contributed by atoms with Crippen LogP contribution in [0.3, 0.4) is 0 Å². The second-order valence-corrected chi connectivity index (χ2v) is 14.9. The molecule has 0 spiro atoms. The number of carboxylic acid groups (broad SMARTS) is 1. The quantitative estimate of drug-likeness (QED) is 0.0274. The number of carboxylic acids is 1. The zero-order valence-corrected chi connectivity index (χ0v) is 34.0. The minimum Gasteiger partial charge on any atom is -0.544 e. The van der Waals surface area contributed by atoms with Crippen LogP contribution in [0.25, 0.3) is 0 Å². The molecular formula is C44H77NO7. The van der Waals surface area contributed by atoms with Gasteiger partial charge in [-0.2, -0.15) is 0 Å². The summed E-state index contributed by atoms with van der Waals surface area (Å²) in [6, 6.07) is -0.729. The van der Waals surface area contributed by atoms with Gasteiger partial charge in [0.2, 0.25) is 0 Å². The van der Waals surface area contributed by atoms with Gasteiger partial charge < -0.3 is 28.6 Å². The van der Waals surface area contributed by atoms with Gasteiger partial charge in [-0.1, -0.05) is 159 Å². The van der Waals surface area contributed by atoms with Crippen LogP contribution in [0, 0.1) is 0 Å². The van der Waals surface area contributed by atoms with Crippen molar-refractivity contribution in [1.82, 2.24) is 0 Å². The zero-order chi connectivity index (χ0) is 38.5. The Bertz CT molecular complexity index is 995. The van der Waals surface area contributed by atoms with Gasteiger partial charge >= 0.3 is 11.9 Å². The number of carbonyl (C=O) groups excluding carboxylic acids is 3. The Kier molecular flexibility index (Phi) is 33.5. The van der Waals surface area contributed by atoms with E-state index in [1.54, 1.807) is 21.1 Å². The first-order chi connectivity index (χ1) is 25.1. The van der Waals surface area contributed by atoms with E-state index in [0.717, 1.165) is 64.2 Å². The van der Waals surface area contributed by atoms with E-state index in [2.05, 4.69) is 32.1 Å². The van der Waals surface area contributed by atoms with E-state index in [1.165, 1.54) is 64.2 Å². The Morgan fingerprint density at radius 2 is 1.08 bits per heavy atom. The van der Waals surface area contributed by atoms with Crippen LogP contribution in [-0.2, 0) is 28.6 Å². The van der Waals surface area contributed by atoms with Gasteiger partial charge in [0.1, 0.15) is 12.6 Å². The SMILES string of the molecule is CC/C=C/C=C/C=C/C=C/CCCCCCCC(=O)OC(COCCC(C(=O)[O-])[N+](C)(C)C)COC(=O)CCCCCCCCCCCCCCC. The number of esters is 2. The highest BCUT2D eigenvalue weighted by Crippen LogP contribution is 2.14. The number of likely N-dealkylation sites (N-methyl/N-ethyl adjacent to an activating group) is 1. The third-order valence-electron chi connectivity index (χ3n) is 9.07. The van der Waals surface area contributed by atoms with Gasteiger partial charge in [-0.25, -0.2) is 0 Å². The van der Waals surface area contributed by atoms with Gasteiger partial charge in [0.05, 0.1) is 40.3 Å². The molecule has 2 atom stereocenters. The van der Waals surface area contributed by atoms with Crippen molar-refractivity contribution >= 4 is 17.9 Å². The van der Waals surface area contributed by atoms with E-state index in [1.807, 2.05) is 30.4 Å². The molecule has 0 bridgehead atoms. The lowest BCUT2D eigenvalue weighted by molar-refractivity contribution is -0.889. The fourth-order valence-corrected chi connectivity index (χ4v) is 5.85. The van der Waals surface area contributed by atoms with Crippen molar-refractivity contribution in [2.24, 2.45) is 0 Å². The van der Waals surface area contributed by atoms with E-state index >= 15 is 0 Å². The molecule has 0 rings (SSSR count). The topological polar surface area (TPSA) is 102 Å². The first-order valence-electron chi connectivity index (χ1n) is 20.7. The number of hydrogen-bond donors (Lipinski definition) is 0. The molecule has 0 aromatic carbocycles. The van der Waals surface area contributed by atoms with Crippen LogP contribution in [0.15, 0.2) is 48.6 Å². The lowest BCUT2D eigenvalue weighted by Crippen LogP contribution is -2.55. The fourth-order valence-electron chi connectivity index (χ4n) is 5.85. The highest BCUT2D eigenvalue weighted by atomic mass is 16.6. The van der Waals surface area contributed by atoms with Gasteiger partial charge in [-0.05, 0) is 32.1 Å².